The van der Waals surface area contributed by atoms with Crippen LogP contribution in [0.1, 0.15) is 5.69 Å². The van der Waals surface area contributed by atoms with Crippen molar-refractivity contribution in [1.82, 2.24) is 4.57 Å². The monoisotopic (exact) mass is 259 g/mol. The van der Waals surface area contributed by atoms with Crippen molar-refractivity contribution in [1.29, 1.82) is 5.26 Å². The van der Waals surface area contributed by atoms with Crippen molar-refractivity contribution in [2.75, 3.05) is 5.32 Å². The quantitative estimate of drug-likeness (QED) is 0.921. The molecule has 5 heteroatoms. The largest absolute Gasteiger partial charge is 0.330 e. The Morgan fingerprint density at radius 1 is 1.33 bits per heavy atom. The van der Waals surface area contributed by atoms with E-state index in [-0.39, 0.29) is 12.5 Å². The average Bonchev–Trinajstić information content (AvgIpc) is 2.79. The maximum atomic E-state index is 11.8. The van der Waals surface area contributed by atoms with Crippen molar-refractivity contribution in [3.63, 3.8) is 0 Å². The highest BCUT2D eigenvalue weighted by Crippen LogP contribution is 2.13. The number of nitriles is 1. The van der Waals surface area contributed by atoms with Crippen molar-refractivity contribution in [2.24, 2.45) is 0 Å². The molecule has 2 aromatic rings. The fraction of sp³-hybridized carbons (Fsp3) is 0.0769. The Morgan fingerprint density at radius 2 is 2.06 bits per heavy atom. The van der Waals surface area contributed by atoms with Crippen molar-refractivity contribution >= 4 is 23.2 Å². The van der Waals surface area contributed by atoms with Gasteiger partial charge in [0.05, 0.1) is 0 Å². The van der Waals surface area contributed by atoms with E-state index in [4.69, 9.17) is 16.9 Å². The van der Waals surface area contributed by atoms with Gasteiger partial charge in [0.2, 0.25) is 5.91 Å². The summed E-state index contributed by atoms with van der Waals surface area (Å²) in [7, 11) is 0. The van der Waals surface area contributed by atoms with E-state index in [0.717, 1.165) is 0 Å². The fourth-order valence-corrected chi connectivity index (χ4v) is 1.67. The Kier molecular flexibility index (Phi) is 3.66. The molecule has 0 unspecified atom stereocenters. The second kappa shape index (κ2) is 5.39. The Labute approximate surface area is 109 Å². The third kappa shape index (κ3) is 2.90. The second-order valence-electron chi connectivity index (χ2n) is 3.69. The molecule has 18 heavy (non-hydrogen) atoms. The molecule has 0 aliphatic carbocycles. The van der Waals surface area contributed by atoms with Crippen LogP contribution in [0.4, 0.5) is 5.69 Å². The molecule has 0 atom stereocenters. The lowest BCUT2D eigenvalue weighted by atomic mass is 10.3. The number of amides is 1. The molecule has 1 aromatic heterocycles. The average molecular weight is 260 g/mol. The van der Waals surface area contributed by atoms with Gasteiger partial charge in [0.1, 0.15) is 18.3 Å². The van der Waals surface area contributed by atoms with Gasteiger partial charge in [0.25, 0.3) is 0 Å². The molecular formula is C13H10ClN3O. The number of halogens is 1. The highest BCUT2D eigenvalue weighted by atomic mass is 35.5. The number of hydrogen-bond donors (Lipinski definition) is 1. The minimum atomic E-state index is -0.190. The van der Waals surface area contributed by atoms with Gasteiger partial charge in [-0.3, -0.25) is 4.79 Å². The number of hydrogen-bond acceptors (Lipinski definition) is 2. The molecule has 0 fully saturated rings. The highest BCUT2D eigenvalue weighted by molar-refractivity contribution is 6.30. The topological polar surface area (TPSA) is 57.8 Å². The van der Waals surface area contributed by atoms with Crippen LogP contribution in [0.2, 0.25) is 5.02 Å². The van der Waals surface area contributed by atoms with Crippen LogP contribution in [-0.2, 0) is 11.3 Å². The van der Waals surface area contributed by atoms with Gasteiger partial charge < -0.3 is 9.88 Å². The first-order valence-electron chi connectivity index (χ1n) is 5.30. The number of anilines is 1. The number of nitrogens with one attached hydrogen (secondary N) is 1. The van der Waals surface area contributed by atoms with Crippen molar-refractivity contribution in [3.05, 3.63) is 53.3 Å². The van der Waals surface area contributed by atoms with Crippen LogP contribution in [0.25, 0.3) is 0 Å². The van der Waals surface area contributed by atoms with Crippen LogP contribution in [0.3, 0.4) is 0 Å². The number of rotatable bonds is 3. The van der Waals surface area contributed by atoms with E-state index in [1.807, 2.05) is 6.07 Å². The summed E-state index contributed by atoms with van der Waals surface area (Å²) < 4.78 is 1.59. The van der Waals surface area contributed by atoms with Crippen LogP contribution in [0.15, 0.2) is 42.6 Å². The highest BCUT2D eigenvalue weighted by Gasteiger charge is 2.06. The van der Waals surface area contributed by atoms with E-state index in [9.17, 15) is 4.79 Å². The molecule has 4 nitrogen and oxygen atoms in total. The molecule has 0 spiro atoms. The van der Waals surface area contributed by atoms with Crippen molar-refractivity contribution in [2.45, 2.75) is 6.54 Å². The van der Waals surface area contributed by atoms with Gasteiger partial charge in [0, 0.05) is 16.9 Å². The van der Waals surface area contributed by atoms with E-state index < -0.39 is 0 Å². The predicted octanol–water partition coefficient (Wildman–Crippen LogP) is 2.65. The van der Waals surface area contributed by atoms with E-state index in [0.29, 0.717) is 16.4 Å². The zero-order chi connectivity index (χ0) is 13.0. The number of carbonyl (C=O) groups is 1. The molecule has 2 rings (SSSR count). The van der Waals surface area contributed by atoms with Crippen LogP contribution < -0.4 is 5.32 Å². The fourth-order valence-electron chi connectivity index (χ4n) is 1.54. The molecule has 0 bridgehead atoms. The summed E-state index contributed by atoms with van der Waals surface area (Å²) in [5.41, 5.74) is 1.14. The van der Waals surface area contributed by atoms with Gasteiger partial charge >= 0.3 is 0 Å². The molecule has 1 N–H and O–H groups in total. The molecule has 0 aliphatic heterocycles. The van der Waals surface area contributed by atoms with E-state index >= 15 is 0 Å². The maximum absolute atomic E-state index is 11.8. The summed E-state index contributed by atoms with van der Waals surface area (Å²) in [6, 6.07) is 12.3. The number of nitrogens with zero attached hydrogens (tertiary/aromatic N) is 2. The smallest absolute Gasteiger partial charge is 0.244 e. The molecular weight excluding hydrogens is 250 g/mol. The minimum absolute atomic E-state index is 0.110. The molecule has 1 heterocycles. The predicted molar refractivity (Wildman–Crippen MR) is 69.2 cm³/mol. The second-order valence-corrected chi connectivity index (χ2v) is 4.12. The molecule has 1 amide bonds. The number of benzene rings is 1. The Hall–Kier alpha value is -2.25. The van der Waals surface area contributed by atoms with Crippen LogP contribution in [0.5, 0.6) is 0 Å². The van der Waals surface area contributed by atoms with E-state index in [1.54, 1.807) is 47.2 Å². The lowest BCUT2D eigenvalue weighted by Crippen LogP contribution is -2.18. The molecule has 0 saturated carbocycles. The van der Waals surface area contributed by atoms with Gasteiger partial charge in [-0.05, 0) is 36.4 Å². The Morgan fingerprint density at radius 3 is 2.72 bits per heavy atom. The molecule has 0 aliphatic rings. The third-order valence-electron chi connectivity index (χ3n) is 2.39. The molecule has 0 saturated heterocycles. The summed E-state index contributed by atoms with van der Waals surface area (Å²) in [5.74, 6) is -0.190. The summed E-state index contributed by atoms with van der Waals surface area (Å²) >= 11 is 5.75. The first-order chi connectivity index (χ1) is 8.69. The van der Waals surface area contributed by atoms with Crippen LogP contribution in [-0.4, -0.2) is 10.5 Å². The lowest BCUT2D eigenvalue weighted by molar-refractivity contribution is -0.116. The summed E-state index contributed by atoms with van der Waals surface area (Å²) in [5, 5.41) is 12.2. The first kappa shape index (κ1) is 12.2. The lowest BCUT2D eigenvalue weighted by Gasteiger charge is -2.07. The maximum Gasteiger partial charge on any atom is 0.244 e. The Balaban J connectivity index is 2.01. The van der Waals surface area contributed by atoms with E-state index in [1.165, 1.54) is 0 Å². The zero-order valence-electron chi connectivity index (χ0n) is 9.43. The normalized spacial score (nSPS) is 9.78. The summed E-state index contributed by atoms with van der Waals surface area (Å²) in [6.07, 6.45) is 1.69. The minimum Gasteiger partial charge on any atom is -0.330 e. The number of aromatic nitrogens is 1. The van der Waals surface area contributed by atoms with Crippen LogP contribution in [0, 0.1) is 11.3 Å². The first-order valence-corrected chi connectivity index (χ1v) is 5.67. The number of carbonyl (C=O) groups excluding carboxylic acids is 1. The molecule has 0 radical (unpaired) electrons. The SMILES string of the molecule is N#Cc1cccn1CC(=O)Nc1ccc(Cl)cc1. The van der Waals surface area contributed by atoms with Gasteiger partial charge in [-0.25, -0.2) is 0 Å². The van der Waals surface area contributed by atoms with Crippen LogP contribution >= 0.6 is 11.6 Å². The Bertz CT molecular complexity index is 595. The third-order valence-corrected chi connectivity index (χ3v) is 2.64. The van der Waals surface area contributed by atoms with Crippen molar-refractivity contribution in [3.8, 4) is 6.07 Å². The summed E-state index contributed by atoms with van der Waals surface area (Å²) in [4.78, 5) is 11.8. The zero-order valence-corrected chi connectivity index (χ0v) is 10.2. The summed E-state index contributed by atoms with van der Waals surface area (Å²) in [6.45, 7) is 0.110. The molecule has 1 aromatic carbocycles. The van der Waals surface area contributed by atoms with E-state index in [2.05, 4.69) is 5.32 Å². The van der Waals surface area contributed by atoms with Crippen molar-refractivity contribution < 1.29 is 4.79 Å². The molecule has 90 valence electrons. The van der Waals surface area contributed by atoms with Gasteiger partial charge in [-0.15, -0.1) is 0 Å². The van der Waals surface area contributed by atoms with Gasteiger partial charge in [-0.2, -0.15) is 5.26 Å². The van der Waals surface area contributed by atoms with Gasteiger partial charge in [0.15, 0.2) is 0 Å². The standard InChI is InChI=1S/C13H10ClN3O/c14-10-3-5-11(6-4-10)16-13(18)9-17-7-1-2-12(17)8-15/h1-7H,9H2,(H,16,18). The van der Waals surface area contributed by atoms with Gasteiger partial charge in [-0.1, -0.05) is 11.6 Å².